The summed E-state index contributed by atoms with van der Waals surface area (Å²) >= 11 is 0. The molecule has 2 aliphatic rings. The fourth-order valence-electron chi connectivity index (χ4n) is 2.87. The normalized spacial score (nSPS) is 29.2. The number of amides is 3. The van der Waals surface area contributed by atoms with Crippen molar-refractivity contribution in [3.63, 3.8) is 0 Å². The van der Waals surface area contributed by atoms with Crippen LogP contribution in [0.25, 0.3) is 0 Å². The summed E-state index contributed by atoms with van der Waals surface area (Å²) in [4.78, 5) is 27.5. The Morgan fingerprint density at radius 3 is 2.39 bits per heavy atom. The summed E-state index contributed by atoms with van der Waals surface area (Å²) in [6, 6.07) is 0.308. The van der Waals surface area contributed by atoms with Gasteiger partial charge < -0.3 is 15.5 Å². The highest BCUT2D eigenvalue weighted by Gasteiger charge is 2.33. The molecule has 0 aromatic heterocycles. The van der Waals surface area contributed by atoms with Gasteiger partial charge in [-0.2, -0.15) is 0 Å². The zero-order valence-corrected chi connectivity index (χ0v) is 11.1. The number of hydrogen-bond donors (Lipinski definition) is 1. The average molecular weight is 253 g/mol. The topological polar surface area (TPSA) is 66.6 Å². The van der Waals surface area contributed by atoms with Crippen molar-refractivity contribution in [3.05, 3.63) is 0 Å². The molecule has 2 saturated heterocycles. The fraction of sp³-hybridized carbons (Fsp3) is 0.846. The molecule has 0 aromatic carbocycles. The molecule has 0 radical (unpaired) electrons. The summed E-state index contributed by atoms with van der Waals surface area (Å²) < 4.78 is 0. The van der Waals surface area contributed by atoms with Crippen LogP contribution in [0.5, 0.6) is 0 Å². The van der Waals surface area contributed by atoms with E-state index in [4.69, 9.17) is 5.73 Å². The van der Waals surface area contributed by atoms with Crippen molar-refractivity contribution in [2.24, 2.45) is 11.7 Å². The van der Waals surface area contributed by atoms with Gasteiger partial charge in [-0.1, -0.05) is 0 Å². The first kappa shape index (κ1) is 13.2. The number of hydrogen-bond acceptors (Lipinski definition) is 2. The molecule has 0 aromatic rings. The van der Waals surface area contributed by atoms with Gasteiger partial charge in [0, 0.05) is 25.7 Å². The Labute approximate surface area is 108 Å². The molecule has 18 heavy (non-hydrogen) atoms. The summed E-state index contributed by atoms with van der Waals surface area (Å²) in [5, 5.41) is 0. The number of nitrogens with two attached hydrogens (primary N) is 1. The lowest BCUT2D eigenvalue weighted by atomic mass is 9.93. The maximum atomic E-state index is 12.4. The highest BCUT2D eigenvalue weighted by atomic mass is 16.2. The predicted octanol–water partition coefficient (Wildman–Crippen LogP) is 1.18. The Hall–Kier alpha value is -1.26. The van der Waals surface area contributed by atoms with Gasteiger partial charge in [-0.15, -0.1) is 0 Å². The smallest absolute Gasteiger partial charge is 0.320 e. The third-order valence-corrected chi connectivity index (χ3v) is 4.16. The first-order valence-electron chi connectivity index (χ1n) is 6.94. The van der Waals surface area contributed by atoms with Crippen LogP contribution in [0, 0.1) is 5.92 Å². The molecule has 0 aliphatic carbocycles. The predicted molar refractivity (Wildman–Crippen MR) is 68.9 cm³/mol. The second-order valence-electron chi connectivity index (χ2n) is 5.51. The molecule has 2 N–H and O–H groups in total. The van der Waals surface area contributed by atoms with E-state index in [9.17, 15) is 9.59 Å². The van der Waals surface area contributed by atoms with Crippen molar-refractivity contribution in [3.8, 4) is 0 Å². The van der Waals surface area contributed by atoms with Gasteiger partial charge in [0.2, 0.25) is 5.91 Å². The molecule has 2 rings (SSSR count). The lowest BCUT2D eigenvalue weighted by molar-refractivity contribution is -0.123. The van der Waals surface area contributed by atoms with Crippen LogP contribution in [-0.2, 0) is 4.79 Å². The number of nitrogens with zero attached hydrogens (tertiary/aromatic N) is 2. The lowest BCUT2D eigenvalue weighted by Crippen LogP contribution is -2.54. The number of likely N-dealkylation sites (tertiary alicyclic amines) is 2. The van der Waals surface area contributed by atoms with Crippen LogP contribution in [0.4, 0.5) is 4.79 Å². The minimum Gasteiger partial charge on any atom is -0.369 e. The monoisotopic (exact) mass is 253 g/mol. The number of primary amides is 1. The van der Waals surface area contributed by atoms with E-state index in [-0.39, 0.29) is 23.9 Å². The molecule has 5 heteroatoms. The zero-order valence-electron chi connectivity index (χ0n) is 11.1. The molecular weight excluding hydrogens is 230 g/mol. The zero-order chi connectivity index (χ0) is 13.1. The van der Waals surface area contributed by atoms with Gasteiger partial charge in [0.25, 0.3) is 0 Å². The van der Waals surface area contributed by atoms with Crippen LogP contribution in [-0.4, -0.2) is 47.4 Å². The minimum atomic E-state index is -0.279. The van der Waals surface area contributed by atoms with Gasteiger partial charge in [0.05, 0.1) is 5.92 Å². The second-order valence-corrected chi connectivity index (χ2v) is 5.51. The number of rotatable bonds is 1. The summed E-state index contributed by atoms with van der Waals surface area (Å²) in [5.41, 5.74) is 5.36. The molecule has 2 fully saturated rings. The van der Waals surface area contributed by atoms with Crippen molar-refractivity contribution < 1.29 is 9.59 Å². The van der Waals surface area contributed by atoms with Crippen LogP contribution < -0.4 is 5.73 Å². The van der Waals surface area contributed by atoms with Gasteiger partial charge in [0.1, 0.15) is 0 Å². The number of urea groups is 1. The van der Waals surface area contributed by atoms with E-state index in [1.165, 1.54) is 6.42 Å². The Kier molecular flexibility index (Phi) is 4.09. The van der Waals surface area contributed by atoms with E-state index in [1.807, 2.05) is 9.80 Å². The average Bonchev–Trinajstić information content (AvgIpc) is 2.39. The van der Waals surface area contributed by atoms with E-state index in [1.54, 1.807) is 0 Å². The Morgan fingerprint density at radius 1 is 1.11 bits per heavy atom. The quantitative estimate of drug-likeness (QED) is 0.762. The molecule has 5 nitrogen and oxygen atoms in total. The van der Waals surface area contributed by atoms with Crippen LogP contribution in [0.3, 0.4) is 0 Å². The van der Waals surface area contributed by atoms with Gasteiger partial charge in [-0.25, -0.2) is 4.79 Å². The van der Waals surface area contributed by atoms with Crippen LogP contribution in [0.2, 0.25) is 0 Å². The molecule has 0 spiro atoms. The van der Waals surface area contributed by atoms with Crippen LogP contribution >= 0.6 is 0 Å². The van der Waals surface area contributed by atoms with Crippen molar-refractivity contribution in [2.45, 2.75) is 45.1 Å². The van der Waals surface area contributed by atoms with E-state index in [0.29, 0.717) is 6.54 Å². The summed E-state index contributed by atoms with van der Waals surface area (Å²) in [6.07, 6.45) is 5.07. The number of carbonyl (C=O) groups excluding carboxylic acids is 2. The molecule has 2 unspecified atom stereocenters. The number of carbonyl (C=O) groups is 2. The Balaban J connectivity index is 2.00. The molecule has 2 aliphatic heterocycles. The molecule has 3 amide bonds. The first-order chi connectivity index (χ1) is 8.59. The third kappa shape index (κ3) is 2.76. The molecule has 2 atom stereocenters. The standard InChI is InChI=1S/C13H23N3O2/c1-10-5-6-11(12(14)17)9-16(10)13(18)15-7-3-2-4-8-15/h10-11H,2-9H2,1H3,(H2,14,17). The minimum absolute atomic E-state index is 0.0909. The number of piperidine rings is 2. The van der Waals surface area contributed by atoms with Gasteiger partial charge in [-0.05, 0) is 39.0 Å². The van der Waals surface area contributed by atoms with Crippen molar-refractivity contribution >= 4 is 11.9 Å². The van der Waals surface area contributed by atoms with Crippen molar-refractivity contribution in [1.29, 1.82) is 0 Å². The SMILES string of the molecule is CC1CCC(C(N)=O)CN1C(=O)N1CCCCC1. The largest absolute Gasteiger partial charge is 0.369 e. The third-order valence-electron chi connectivity index (χ3n) is 4.16. The van der Waals surface area contributed by atoms with Gasteiger partial charge in [-0.3, -0.25) is 4.79 Å². The maximum Gasteiger partial charge on any atom is 0.320 e. The second kappa shape index (κ2) is 5.59. The highest BCUT2D eigenvalue weighted by Crippen LogP contribution is 2.24. The molecular formula is C13H23N3O2. The van der Waals surface area contributed by atoms with Gasteiger partial charge in [0.15, 0.2) is 0 Å². The summed E-state index contributed by atoms with van der Waals surface area (Å²) in [6.45, 7) is 4.25. The summed E-state index contributed by atoms with van der Waals surface area (Å²) in [5.74, 6) is -0.451. The lowest BCUT2D eigenvalue weighted by Gasteiger charge is -2.40. The summed E-state index contributed by atoms with van der Waals surface area (Å²) in [7, 11) is 0. The van der Waals surface area contributed by atoms with Crippen molar-refractivity contribution in [2.75, 3.05) is 19.6 Å². The Bertz CT molecular complexity index is 326. The molecule has 102 valence electrons. The fourth-order valence-corrected chi connectivity index (χ4v) is 2.87. The maximum absolute atomic E-state index is 12.4. The van der Waals surface area contributed by atoms with Gasteiger partial charge >= 0.3 is 6.03 Å². The van der Waals surface area contributed by atoms with E-state index in [2.05, 4.69) is 6.92 Å². The first-order valence-corrected chi connectivity index (χ1v) is 6.94. The van der Waals surface area contributed by atoms with Crippen LogP contribution in [0.1, 0.15) is 39.0 Å². The van der Waals surface area contributed by atoms with E-state index < -0.39 is 0 Å². The molecule has 0 bridgehead atoms. The van der Waals surface area contributed by atoms with E-state index >= 15 is 0 Å². The highest BCUT2D eigenvalue weighted by molar-refractivity contribution is 5.79. The molecule has 0 saturated carbocycles. The van der Waals surface area contributed by atoms with Crippen molar-refractivity contribution in [1.82, 2.24) is 9.80 Å². The van der Waals surface area contributed by atoms with E-state index in [0.717, 1.165) is 38.8 Å². The van der Waals surface area contributed by atoms with Crippen LogP contribution in [0.15, 0.2) is 0 Å². The molecule has 2 heterocycles. The Morgan fingerprint density at radius 2 is 1.78 bits per heavy atom.